The molecule has 4 heteroatoms. The van der Waals surface area contributed by atoms with Gasteiger partial charge in [-0.05, 0) is 18.4 Å². The van der Waals surface area contributed by atoms with E-state index < -0.39 is 0 Å². The molecular formula is C13H14N2OS. The molecule has 0 aliphatic rings. The van der Waals surface area contributed by atoms with E-state index in [1.54, 1.807) is 24.2 Å². The lowest BCUT2D eigenvalue weighted by Crippen LogP contribution is -1.91. The molecule has 0 aliphatic carbocycles. The van der Waals surface area contributed by atoms with Gasteiger partial charge < -0.3 is 10.1 Å². The van der Waals surface area contributed by atoms with Gasteiger partial charge in [0.05, 0.1) is 18.1 Å². The minimum atomic E-state index is 0.735. The number of nitrogens with one attached hydrogen (secondary N) is 1. The van der Waals surface area contributed by atoms with E-state index >= 15 is 0 Å². The number of anilines is 1. The van der Waals surface area contributed by atoms with Gasteiger partial charge in [0.15, 0.2) is 0 Å². The number of nitrogens with zero attached hydrogens (tertiary/aromatic N) is 1. The molecule has 1 aromatic heterocycles. The zero-order valence-electron chi connectivity index (χ0n) is 9.81. The molecule has 0 spiro atoms. The molecule has 1 heterocycles. The molecule has 0 fully saturated rings. The van der Waals surface area contributed by atoms with Crippen LogP contribution in [0.3, 0.4) is 0 Å². The Bertz CT molecular complexity index is 502. The molecule has 2 aromatic rings. The summed E-state index contributed by atoms with van der Waals surface area (Å²) in [4.78, 5) is 5.23. The Balaban J connectivity index is 2.24. The first-order chi connectivity index (χ1) is 8.33. The molecule has 0 bridgehead atoms. The molecule has 0 atom stereocenters. The number of hydrogen-bond donors (Lipinski definition) is 1. The maximum absolute atomic E-state index is 5.82. The number of benzene rings is 1. The third-order valence-electron chi connectivity index (χ3n) is 2.30. The van der Waals surface area contributed by atoms with E-state index in [1.165, 1.54) is 0 Å². The second-order valence-corrected chi connectivity index (χ2v) is 4.26. The van der Waals surface area contributed by atoms with Gasteiger partial charge in [-0.15, -0.1) is 11.8 Å². The van der Waals surface area contributed by atoms with Gasteiger partial charge in [0.25, 0.3) is 0 Å². The van der Waals surface area contributed by atoms with Crippen LogP contribution in [0.2, 0.25) is 0 Å². The highest BCUT2D eigenvalue weighted by molar-refractivity contribution is 7.98. The second kappa shape index (κ2) is 5.59. The predicted octanol–water partition coefficient (Wildman–Crippen LogP) is 3.64. The van der Waals surface area contributed by atoms with Gasteiger partial charge in [-0.3, -0.25) is 4.98 Å². The van der Waals surface area contributed by atoms with Crippen molar-refractivity contribution >= 4 is 17.4 Å². The van der Waals surface area contributed by atoms with Crippen molar-refractivity contribution < 1.29 is 4.74 Å². The van der Waals surface area contributed by atoms with Gasteiger partial charge in [-0.2, -0.15) is 0 Å². The van der Waals surface area contributed by atoms with Gasteiger partial charge in [0.1, 0.15) is 11.5 Å². The van der Waals surface area contributed by atoms with E-state index in [4.69, 9.17) is 4.74 Å². The molecule has 0 unspecified atom stereocenters. The maximum Gasteiger partial charge on any atom is 0.147 e. The molecule has 2 rings (SSSR count). The van der Waals surface area contributed by atoms with Crippen LogP contribution in [0.1, 0.15) is 0 Å². The minimum absolute atomic E-state index is 0.735. The number of para-hydroxylation sites is 1. The Kier molecular flexibility index (Phi) is 3.88. The van der Waals surface area contributed by atoms with Gasteiger partial charge in [0, 0.05) is 18.0 Å². The van der Waals surface area contributed by atoms with Crippen molar-refractivity contribution in [2.45, 2.75) is 4.90 Å². The summed E-state index contributed by atoms with van der Waals surface area (Å²) in [5.41, 5.74) is 0.934. The zero-order chi connectivity index (χ0) is 12.1. The highest BCUT2D eigenvalue weighted by atomic mass is 32.2. The fraction of sp³-hybridized carbons (Fsp3) is 0.154. The van der Waals surface area contributed by atoms with Crippen molar-refractivity contribution in [2.24, 2.45) is 0 Å². The van der Waals surface area contributed by atoms with Gasteiger partial charge in [-0.1, -0.05) is 12.1 Å². The minimum Gasteiger partial charge on any atom is -0.454 e. The van der Waals surface area contributed by atoms with Gasteiger partial charge in [-0.25, -0.2) is 0 Å². The third-order valence-corrected chi connectivity index (χ3v) is 3.08. The Morgan fingerprint density at radius 2 is 2.06 bits per heavy atom. The molecule has 0 saturated heterocycles. The summed E-state index contributed by atoms with van der Waals surface area (Å²) in [5.74, 6) is 1.59. The first-order valence-corrected chi connectivity index (χ1v) is 6.49. The fourth-order valence-electron chi connectivity index (χ4n) is 1.44. The number of hydrogen-bond acceptors (Lipinski definition) is 4. The number of rotatable bonds is 4. The Labute approximate surface area is 105 Å². The van der Waals surface area contributed by atoms with Crippen LogP contribution in [0.4, 0.5) is 5.69 Å². The molecule has 17 heavy (non-hydrogen) atoms. The molecule has 1 aromatic carbocycles. The lowest BCUT2D eigenvalue weighted by atomic mass is 10.3. The second-order valence-electron chi connectivity index (χ2n) is 3.41. The van der Waals surface area contributed by atoms with E-state index in [0.29, 0.717) is 0 Å². The zero-order valence-corrected chi connectivity index (χ0v) is 10.6. The maximum atomic E-state index is 5.82. The molecular weight excluding hydrogens is 232 g/mol. The highest BCUT2D eigenvalue weighted by Crippen LogP contribution is 2.31. The number of aromatic nitrogens is 1. The molecule has 88 valence electrons. The smallest absolute Gasteiger partial charge is 0.147 e. The van der Waals surface area contributed by atoms with Crippen molar-refractivity contribution in [3.8, 4) is 11.5 Å². The van der Waals surface area contributed by atoms with Crippen LogP contribution in [-0.4, -0.2) is 18.3 Å². The van der Waals surface area contributed by atoms with Crippen LogP contribution in [-0.2, 0) is 0 Å². The molecule has 0 saturated carbocycles. The van der Waals surface area contributed by atoms with Crippen LogP contribution in [0.5, 0.6) is 11.5 Å². The van der Waals surface area contributed by atoms with Gasteiger partial charge >= 0.3 is 0 Å². The summed E-state index contributed by atoms with van der Waals surface area (Å²) >= 11 is 1.66. The average Bonchev–Trinajstić information content (AvgIpc) is 2.39. The summed E-state index contributed by atoms with van der Waals surface area (Å²) in [6, 6.07) is 9.88. The molecule has 3 nitrogen and oxygen atoms in total. The van der Waals surface area contributed by atoms with E-state index in [1.807, 2.05) is 43.6 Å². The first-order valence-electron chi connectivity index (χ1n) is 5.27. The normalized spacial score (nSPS) is 10.0. The Morgan fingerprint density at radius 3 is 2.82 bits per heavy atom. The SMILES string of the molecule is CNc1cncc(Oc2ccccc2SC)c1. The quantitative estimate of drug-likeness (QED) is 0.835. The summed E-state index contributed by atoms with van der Waals surface area (Å²) < 4.78 is 5.82. The molecule has 0 radical (unpaired) electrons. The lowest BCUT2D eigenvalue weighted by Gasteiger charge is -2.09. The van der Waals surface area contributed by atoms with Crippen LogP contribution in [0, 0.1) is 0 Å². The van der Waals surface area contributed by atoms with Crippen LogP contribution in [0.15, 0.2) is 47.6 Å². The molecule has 0 amide bonds. The van der Waals surface area contributed by atoms with Crippen LogP contribution >= 0.6 is 11.8 Å². The summed E-state index contributed by atoms with van der Waals surface area (Å²) in [5, 5.41) is 3.03. The number of ether oxygens (including phenoxy) is 1. The number of thioether (sulfide) groups is 1. The van der Waals surface area contributed by atoms with Crippen molar-refractivity contribution in [3.05, 3.63) is 42.7 Å². The van der Waals surface area contributed by atoms with E-state index in [9.17, 15) is 0 Å². The monoisotopic (exact) mass is 246 g/mol. The largest absolute Gasteiger partial charge is 0.454 e. The summed E-state index contributed by atoms with van der Waals surface area (Å²) in [6.07, 6.45) is 5.50. The topological polar surface area (TPSA) is 34.2 Å². The van der Waals surface area contributed by atoms with Crippen molar-refractivity contribution in [1.82, 2.24) is 4.98 Å². The fourth-order valence-corrected chi connectivity index (χ4v) is 1.97. The van der Waals surface area contributed by atoms with Crippen LogP contribution < -0.4 is 10.1 Å². The van der Waals surface area contributed by atoms with Crippen molar-refractivity contribution in [2.75, 3.05) is 18.6 Å². The van der Waals surface area contributed by atoms with Crippen molar-refractivity contribution in [3.63, 3.8) is 0 Å². The van der Waals surface area contributed by atoms with Crippen molar-refractivity contribution in [1.29, 1.82) is 0 Å². The highest BCUT2D eigenvalue weighted by Gasteiger charge is 2.03. The summed E-state index contributed by atoms with van der Waals surface area (Å²) in [6.45, 7) is 0. The van der Waals surface area contributed by atoms with E-state index in [2.05, 4.69) is 10.3 Å². The Hall–Kier alpha value is -1.68. The Morgan fingerprint density at radius 1 is 1.24 bits per heavy atom. The van der Waals surface area contributed by atoms with Gasteiger partial charge in [0.2, 0.25) is 0 Å². The first kappa shape index (κ1) is 11.8. The predicted molar refractivity (Wildman–Crippen MR) is 72.1 cm³/mol. The molecule has 1 N–H and O–H groups in total. The number of pyridine rings is 1. The third kappa shape index (κ3) is 2.91. The van der Waals surface area contributed by atoms with E-state index in [-0.39, 0.29) is 0 Å². The van der Waals surface area contributed by atoms with E-state index in [0.717, 1.165) is 22.1 Å². The lowest BCUT2D eigenvalue weighted by molar-refractivity contribution is 0.469. The average molecular weight is 246 g/mol. The molecule has 0 aliphatic heterocycles. The van der Waals surface area contributed by atoms with Crippen LogP contribution in [0.25, 0.3) is 0 Å². The standard InChI is InChI=1S/C13H14N2OS/c1-14-10-7-11(9-15-8-10)16-12-5-3-4-6-13(12)17-2/h3-9,14H,1-2H3. The summed E-state index contributed by atoms with van der Waals surface area (Å²) in [7, 11) is 1.86.